The number of hydrogen-bond acceptors (Lipinski definition) is 4. The van der Waals surface area contributed by atoms with Gasteiger partial charge in [0, 0.05) is 16.6 Å². The van der Waals surface area contributed by atoms with Crippen LogP contribution in [-0.2, 0) is 12.2 Å². The third-order valence-corrected chi connectivity index (χ3v) is 4.97. The molecule has 2 atom stereocenters. The summed E-state index contributed by atoms with van der Waals surface area (Å²) in [6, 6.07) is 0. The molecule has 1 rings (SSSR count). The zero-order valence-electron chi connectivity index (χ0n) is 13.8. The lowest BCUT2D eigenvalue weighted by Gasteiger charge is -2.15. The molecule has 0 saturated carbocycles. The van der Waals surface area contributed by atoms with Gasteiger partial charge in [-0.2, -0.15) is 11.8 Å². The summed E-state index contributed by atoms with van der Waals surface area (Å²) in [6.07, 6.45) is 2.25. The summed E-state index contributed by atoms with van der Waals surface area (Å²) in [7, 11) is 2.00. The summed E-state index contributed by atoms with van der Waals surface area (Å²) >= 11 is 1.94. The minimum absolute atomic E-state index is 0.612. The van der Waals surface area contributed by atoms with Gasteiger partial charge >= 0.3 is 0 Å². The van der Waals surface area contributed by atoms with Crippen LogP contribution in [0.2, 0.25) is 0 Å². The van der Waals surface area contributed by atoms with Crippen molar-refractivity contribution >= 4 is 11.8 Å². The van der Waals surface area contributed by atoms with E-state index >= 15 is 0 Å². The van der Waals surface area contributed by atoms with E-state index in [1.165, 1.54) is 12.0 Å². The molecule has 0 aliphatic carbocycles. The predicted molar refractivity (Wildman–Crippen MR) is 89.3 cm³/mol. The number of hydrogen-bond donors (Lipinski definition) is 1. The first-order valence-corrected chi connectivity index (χ1v) is 8.61. The Balaban J connectivity index is 2.75. The largest absolute Gasteiger partial charge is 0.319 e. The fourth-order valence-corrected chi connectivity index (χ4v) is 3.07. The van der Waals surface area contributed by atoms with Crippen molar-refractivity contribution in [2.24, 2.45) is 5.92 Å². The molecule has 0 bridgehead atoms. The molecule has 1 aromatic rings. The lowest BCUT2D eigenvalue weighted by molar-refractivity contribution is 0.536. The van der Waals surface area contributed by atoms with E-state index in [2.05, 4.69) is 39.9 Å². The summed E-state index contributed by atoms with van der Waals surface area (Å²) < 4.78 is 0. The maximum Gasteiger partial charge on any atom is 0.138 e. The Kier molecular flexibility index (Phi) is 7.52. The molecular weight excluding hydrogens is 266 g/mol. The van der Waals surface area contributed by atoms with Crippen LogP contribution in [0.3, 0.4) is 0 Å². The summed E-state index contributed by atoms with van der Waals surface area (Å²) in [5.74, 6) is 2.51. The molecule has 0 radical (unpaired) electrons. The molecule has 0 aliphatic rings. The minimum Gasteiger partial charge on any atom is -0.319 e. The number of aryl methyl sites for hydroxylation is 2. The van der Waals surface area contributed by atoms with E-state index in [4.69, 9.17) is 9.97 Å². The number of nitrogens with zero attached hydrogens (tertiary/aromatic N) is 2. The van der Waals surface area contributed by atoms with Crippen molar-refractivity contribution in [2.75, 3.05) is 13.6 Å². The Hall–Kier alpha value is -0.610. The molecule has 0 fully saturated rings. The Labute approximate surface area is 128 Å². The third-order valence-electron chi connectivity index (χ3n) is 3.64. The van der Waals surface area contributed by atoms with Crippen LogP contribution in [0.25, 0.3) is 0 Å². The van der Waals surface area contributed by atoms with Gasteiger partial charge in [-0.15, -0.1) is 0 Å². The van der Waals surface area contributed by atoms with Crippen LogP contribution < -0.4 is 5.32 Å². The smallest absolute Gasteiger partial charge is 0.138 e. The summed E-state index contributed by atoms with van der Waals surface area (Å²) in [6.45, 7) is 12.0. The van der Waals surface area contributed by atoms with E-state index in [9.17, 15) is 0 Å². The van der Waals surface area contributed by atoms with E-state index in [1.807, 2.05) is 18.8 Å². The Morgan fingerprint density at radius 3 is 2.25 bits per heavy atom. The van der Waals surface area contributed by atoms with E-state index < -0.39 is 0 Å². The van der Waals surface area contributed by atoms with Crippen molar-refractivity contribution in [3.63, 3.8) is 0 Å². The van der Waals surface area contributed by atoms with Crippen molar-refractivity contribution in [2.45, 2.75) is 58.5 Å². The van der Waals surface area contributed by atoms with E-state index in [0.717, 1.165) is 35.9 Å². The topological polar surface area (TPSA) is 37.8 Å². The summed E-state index contributed by atoms with van der Waals surface area (Å²) in [5, 5.41) is 3.91. The standard InChI is InChI=1S/C16H29N3S/c1-7-12(3)20-10-16-18-13(4)15(14(5)19-16)8-11(2)9-17-6/h11-12,17H,7-10H2,1-6H3. The number of thioether (sulfide) groups is 1. The molecule has 0 aromatic carbocycles. The lowest BCUT2D eigenvalue weighted by atomic mass is 9.99. The second-order valence-corrected chi connectivity index (χ2v) is 7.11. The molecule has 4 heteroatoms. The average Bonchev–Trinajstić information content (AvgIpc) is 2.40. The fourth-order valence-electron chi connectivity index (χ4n) is 2.27. The predicted octanol–water partition coefficient (Wildman–Crippen LogP) is 3.52. The molecule has 1 aromatic heterocycles. The van der Waals surface area contributed by atoms with Crippen LogP contribution in [0.15, 0.2) is 0 Å². The molecule has 1 N–H and O–H groups in total. The first kappa shape index (κ1) is 17.4. The SMILES string of the molecule is CCC(C)SCc1nc(C)c(CC(C)CNC)c(C)n1. The molecule has 3 nitrogen and oxygen atoms in total. The van der Waals surface area contributed by atoms with Crippen LogP contribution in [0, 0.1) is 19.8 Å². The van der Waals surface area contributed by atoms with Gasteiger partial charge in [-0.3, -0.25) is 0 Å². The lowest BCUT2D eigenvalue weighted by Crippen LogP contribution is -2.19. The average molecular weight is 295 g/mol. The van der Waals surface area contributed by atoms with E-state index in [-0.39, 0.29) is 0 Å². The normalized spacial score (nSPS) is 14.3. The van der Waals surface area contributed by atoms with Gasteiger partial charge in [0.05, 0.1) is 5.75 Å². The zero-order chi connectivity index (χ0) is 15.1. The second kappa shape index (κ2) is 8.63. The van der Waals surface area contributed by atoms with Gasteiger partial charge in [-0.1, -0.05) is 20.8 Å². The molecular formula is C16H29N3S. The molecule has 114 valence electrons. The van der Waals surface area contributed by atoms with Gasteiger partial charge in [-0.25, -0.2) is 9.97 Å². The highest BCUT2D eigenvalue weighted by Crippen LogP contribution is 2.20. The maximum absolute atomic E-state index is 4.70. The molecule has 2 unspecified atom stereocenters. The van der Waals surface area contributed by atoms with Crippen molar-refractivity contribution in [1.82, 2.24) is 15.3 Å². The zero-order valence-corrected chi connectivity index (χ0v) is 14.6. The number of aromatic nitrogens is 2. The van der Waals surface area contributed by atoms with E-state index in [0.29, 0.717) is 11.2 Å². The van der Waals surface area contributed by atoms with Crippen LogP contribution >= 0.6 is 11.8 Å². The van der Waals surface area contributed by atoms with Crippen LogP contribution in [0.5, 0.6) is 0 Å². The van der Waals surface area contributed by atoms with Crippen molar-refractivity contribution < 1.29 is 0 Å². The molecule has 0 saturated heterocycles. The van der Waals surface area contributed by atoms with Crippen molar-refractivity contribution in [1.29, 1.82) is 0 Å². The monoisotopic (exact) mass is 295 g/mol. The van der Waals surface area contributed by atoms with Gasteiger partial charge < -0.3 is 5.32 Å². The van der Waals surface area contributed by atoms with Gasteiger partial charge in [0.2, 0.25) is 0 Å². The highest BCUT2D eigenvalue weighted by Gasteiger charge is 2.12. The van der Waals surface area contributed by atoms with E-state index in [1.54, 1.807) is 0 Å². The summed E-state index contributed by atoms with van der Waals surface area (Å²) in [5.41, 5.74) is 3.63. The first-order chi connectivity index (χ1) is 9.47. The van der Waals surface area contributed by atoms with Gasteiger partial charge in [0.1, 0.15) is 5.82 Å². The van der Waals surface area contributed by atoms with Crippen LogP contribution in [0.1, 0.15) is 50.0 Å². The Morgan fingerprint density at radius 1 is 1.15 bits per heavy atom. The maximum atomic E-state index is 4.70. The highest BCUT2D eigenvalue weighted by molar-refractivity contribution is 7.99. The third kappa shape index (κ3) is 5.41. The molecule has 0 aliphatic heterocycles. The quantitative estimate of drug-likeness (QED) is 0.796. The molecule has 0 amide bonds. The molecule has 1 heterocycles. The highest BCUT2D eigenvalue weighted by atomic mass is 32.2. The van der Waals surface area contributed by atoms with Crippen molar-refractivity contribution in [3.05, 3.63) is 22.8 Å². The first-order valence-electron chi connectivity index (χ1n) is 7.57. The molecule has 0 spiro atoms. The second-order valence-electron chi connectivity index (χ2n) is 5.69. The van der Waals surface area contributed by atoms with Crippen LogP contribution in [-0.4, -0.2) is 28.8 Å². The number of nitrogens with one attached hydrogen (secondary N) is 1. The Bertz CT molecular complexity index is 397. The van der Waals surface area contributed by atoms with Gasteiger partial charge in [0.15, 0.2) is 0 Å². The molecule has 20 heavy (non-hydrogen) atoms. The minimum atomic E-state index is 0.612. The fraction of sp³-hybridized carbons (Fsp3) is 0.750. The van der Waals surface area contributed by atoms with Gasteiger partial charge in [-0.05, 0) is 51.8 Å². The number of rotatable bonds is 8. The van der Waals surface area contributed by atoms with Crippen molar-refractivity contribution in [3.8, 4) is 0 Å². The van der Waals surface area contributed by atoms with Gasteiger partial charge in [0.25, 0.3) is 0 Å². The van der Waals surface area contributed by atoms with Crippen LogP contribution in [0.4, 0.5) is 0 Å². The Morgan fingerprint density at radius 2 is 1.75 bits per heavy atom. The summed E-state index contributed by atoms with van der Waals surface area (Å²) in [4.78, 5) is 9.40.